The summed E-state index contributed by atoms with van der Waals surface area (Å²) >= 11 is 0. The van der Waals surface area contributed by atoms with E-state index in [-0.39, 0.29) is 10.8 Å². The largest absolute Gasteiger partial charge is 0.0622 e. The molecule has 0 saturated carbocycles. The van der Waals surface area contributed by atoms with Crippen LogP contribution in [0.5, 0.6) is 0 Å². The lowest BCUT2D eigenvalue weighted by Gasteiger charge is -2.25. The van der Waals surface area contributed by atoms with Crippen LogP contribution in [0.15, 0.2) is 133 Å². The van der Waals surface area contributed by atoms with E-state index in [1.807, 2.05) is 0 Å². The van der Waals surface area contributed by atoms with Gasteiger partial charge in [-0.2, -0.15) is 0 Å². The molecular weight excluding hydrogens is 518 g/mol. The van der Waals surface area contributed by atoms with Crippen LogP contribution in [0.3, 0.4) is 0 Å². The zero-order valence-corrected chi connectivity index (χ0v) is 26.4. The van der Waals surface area contributed by atoms with E-state index in [1.165, 1.54) is 43.0 Å². The van der Waals surface area contributed by atoms with Crippen LogP contribution in [0.2, 0.25) is 0 Å². The van der Waals surface area contributed by atoms with Crippen LogP contribution in [-0.2, 0) is 10.8 Å². The molecule has 5 aromatic rings. The summed E-state index contributed by atoms with van der Waals surface area (Å²) in [4.78, 5) is 0. The van der Waals surface area contributed by atoms with E-state index < -0.39 is 15.8 Å². The molecule has 0 saturated heterocycles. The van der Waals surface area contributed by atoms with Gasteiger partial charge in [0.1, 0.15) is 0 Å². The van der Waals surface area contributed by atoms with Crippen LogP contribution in [0.1, 0.15) is 52.7 Å². The second-order valence-corrected chi connectivity index (χ2v) is 16.9. The first kappa shape index (κ1) is 28.5. The van der Waals surface area contributed by atoms with E-state index in [1.54, 1.807) is 0 Å². The van der Waals surface area contributed by atoms with Crippen LogP contribution in [-0.4, -0.2) is 0 Å². The van der Waals surface area contributed by atoms with E-state index >= 15 is 0 Å². The average Bonchev–Trinajstić information content (AvgIpc) is 2.95. The minimum absolute atomic E-state index is 0.142. The maximum absolute atomic E-state index is 2.39. The summed E-state index contributed by atoms with van der Waals surface area (Å²) in [6, 6.07) is 50.2. The van der Waals surface area contributed by atoms with E-state index in [4.69, 9.17) is 0 Å². The average molecular weight is 559 g/mol. The summed E-state index contributed by atoms with van der Waals surface area (Å²) < 4.78 is 0. The Hall–Kier alpha value is -3.04. The van der Waals surface area contributed by atoms with Gasteiger partial charge in [0.25, 0.3) is 0 Å². The van der Waals surface area contributed by atoms with E-state index in [9.17, 15) is 0 Å². The highest BCUT2D eigenvalue weighted by atomic mass is 31.1. The summed E-state index contributed by atoms with van der Waals surface area (Å²) in [6.07, 6.45) is 0. The van der Waals surface area contributed by atoms with Crippen LogP contribution < -0.4 is 31.8 Å². The third kappa shape index (κ3) is 6.47. The van der Waals surface area contributed by atoms with Gasteiger partial charge in [-0.05, 0) is 69.6 Å². The third-order valence-electron chi connectivity index (χ3n) is 7.38. The van der Waals surface area contributed by atoms with Gasteiger partial charge in [0.2, 0.25) is 0 Å². The Morgan fingerprint density at radius 1 is 0.300 bits per heavy atom. The SMILES string of the molecule is CC(C)(C)c1ccc(P(c2ccc(P(c3ccccc3)c3ccccc3)cc2)c2ccc(C(C)(C)C)cc2)cc1. The van der Waals surface area contributed by atoms with Gasteiger partial charge in [0.15, 0.2) is 0 Å². The van der Waals surface area contributed by atoms with Crippen LogP contribution in [0.25, 0.3) is 0 Å². The molecule has 5 aromatic carbocycles. The molecule has 0 amide bonds. The first-order valence-corrected chi connectivity index (χ1v) is 16.8. The van der Waals surface area contributed by atoms with Crippen molar-refractivity contribution in [1.82, 2.24) is 0 Å². The highest BCUT2D eigenvalue weighted by molar-refractivity contribution is 7.80. The van der Waals surface area contributed by atoms with Gasteiger partial charge in [-0.1, -0.05) is 175 Å². The van der Waals surface area contributed by atoms with Crippen molar-refractivity contribution >= 4 is 47.7 Å². The van der Waals surface area contributed by atoms with Gasteiger partial charge in [0.05, 0.1) is 0 Å². The summed E-state index contributed by atoms with van der Waals surface area (Å²) in [5.74, 6) is 0. The van der Waals surface area contributed by atoms with Gasteiger partial charge in [-0.15, -0.1) is 0 Å². The Bertz CT molecular complexity index is 1410. The second kappa shape index (κ2) is 11.8. The van der Waals surface area contributed by atoms with E-state index in [0.29, 0.717) is 0 Å². The van der Waals surface area contributed by atoms with Crippen LogP contribution in [0, 0.1) is 0 Å². The standard InChI is InChI=1S/C38H40P2/c1-37(2,3)29-17-21-33(22-18-29)40(34-23-19-30(20-24-34)38(4,5)6)36-27-25-35(26-28-36)39(31-13-9-7-10-14-31)32-15-11-8-12-16-32/h7-28H,1-6H3. The highest BCUT2D eigenvalue weighted by Gasteiger charge is 2.22. The molecule has 0 spiro atoms. The summed E-state index contributed by atoms with van der Waals surface area (Å²) in [7, 11) is -1.29. The van der Waals surface area contributed by atoms with Crippen molar-refractivity contribution in [2.24, 2.45) is 0 Å². The molecule has 0 aliphatic rings. The molecule has 0 N–H and O–H groups in total. The fraction of sp³-hybridized carbons (Fsp3) is 0.211. The first-order chi connectivity index (χ1) is 19.1. The Kier molecular flexibility index (Phi) is 8.42. The van der Waals surface area contributed by atoms with Crippen molar-refractivity contribution in [1.29, 1.82) is 0 Å². The summed E-state index contributed by atoms with van der Waals surface area (Å²) in [5.41, 5.74) is 3.04. The Labute approximate surface area is 244 Å². The normalized spacial score (nSPS) is 12.2. The molecule has 0 aliphatic heterocycles. The molecular formula is C38H40P2. The zero-order valence-electron chi connectivity index (χ0n) is 24.6. The number of hydrogen-bond acceptors (Lipinski definition) is 0. The molecule has 0 unspecified atom stereocenters. The molecule has 0 aromatic heterocycles. The fourth-order valence-corrected chi connectivity index (χ4v) is 9.54. The predicted molar refractivity (Wildman–Crippen MR) is 181 cm³/mol. The number of hydrogen-bond donors (Lipinski definition) is 0. The smallest absolute Gasteiger partial charge is 0.0132 e. The molecule has 5 rings (SSSR count). The van der Waals surface area contributed by atoms with Crippen molar-refractivity contribution in [2.75, 3.05) is 0 Å². The minimum Gasteiger partial charge on any atom is -0.0622 e. The molecule has 0 atom stereocenters. The molecule has 40 heavy (non-hydrogen) atoms. The molecule has 202 valence electrons. The Morgan fingerprint density at radius 3 is 0.775 bits per heavy atom. The van der Waals surface area contributed by atoms with Crippen molar-refractivity contribution in [3.8, 4) is 0 Å². The van der Waals surface area contributed by atoms with Crippen molar-refractivity contribution in [3.05, 3.63) is 145 Å². The van der Waals surface area contributed by atoms with Gasteiger partial charge in [0, 0.05) is 0 Å². The van der Waals surface area contributed by atoms with Crippen molar-refractivity contribution < 1.29 is 0 Å². The quantitative estimate of drug-likeness (QED) is 0.187. The highest BCUT2D eigenvalue weighted by Crippen LogP contribution is 2.37. The zero-order chi connectivity index (χ0) is 28.3. The maximum atomic E-state index is 2.39. The fourth-order valence-electron chi connectivity index (χ4n) is 5.02. The first-order valence-electron chi connectivity index (χ1n) is 14.1. The van der Waals surface area contributed by atoms with Crippen LogP contribution >= 0.6 is 15.8 Å². The molecule has 2 heteroatoms. The molecule has 0 bridgehead atoms. The maximum Gasteiger partial charge on any atom is -0.0132 e. The predicted octanol–water partition coefficient (Wildman–Crippen LogP) is 7.80. The Balaban J connectivity index is 1.57. The number of benzene rings is 5. The van der Waals surface area contributed by atoms with E-state index in [0.717, 1.165) is 0 Å². The van der Waals surface area contributed by atoms with Crippen LogP contribution in [0.4, 0.5) is 0 Å². The summed E-state index contributed by atoms with van der Waals surface area (Å²) in [5, 5.41) is 8.34. The molecule has 0 nitrogen and oxygen atoms in total. The van der Waals surface area contributed by atoms with Gasteiger partial charge < -0.3 is 0 Å². The lowest BCUT2D eigenvalue weighted by Crippen LogP contribution is -2.25. The third-order valence-corrected chi connectivity index (χ3v) is 12.3. The topological polar surface area (TPSA) is 0 Å². The Morgan fingerprint density at radius 2 is 0.525 bits per heavy atom. The van der Waals surface area contributed by atoms with E-state index in [2.05, 4.69) is 175 Å². The van der Waals surface area contributed by atoms with Gasteiger partial charge in [-0.25, -0.2) is 0 Å². The number of rotatable bonds is 6. The molecule has 0 aliphatic carbocycles. The monoisotopic (exact) mass is 558 g/mol. The second-order valence-electron chi connectivity index (χ2n) is 12.5. The van der Waals surface area contributed by atoms with Gasteiger partial charge >= 0.3 is 0 Å². The molecule has 0 radical (unpaired) electrons. The van der Waals surface area contributed by atoms with Gasteiger partial charge in [-0.3, -0.25) is 0 Å². The lowest BCUT2D eigenvalue weighted by molar-refractivity contribution is 0.590. The van der Waals surface area contributed by atoms with Crippen molar-refractivity contribution in [3.63, 3.8) is 0 Å². The minimum atomic E-state index is -0.675. The molecule has 0 heterocycles. The lowest BCUT2D eigenvalue weighted by atomic mass is 9.87. The molecule has 0 fully saturated rings. The summed E-state index contributed by atoms with van der Waals surface area (Å²) in [6.45, 7) is 13.7. The van der Waals surface area contributed by atoms with Crippen molar-refractivity contribution in [2.45, 2.75) is 52.4 Å².